The van der Waals surface area contributed by atoms with Gasteiger partial charge in [-0.1, -0.05) is 18.2 Å². The molecule has 0 aliphatic carbocycles. The molecule has 0 radical (unpaired) electrons. The lowest BCUT2D eigenvalue weighted by molar-refractivity contribution is 0.297. The number of phenolic OH excluding ortho intramolecular Hbond substituents is 1. The third-order valence-electron chi connectivity index (χ3n) is 5.36. The van der Waals surface area contributed by atoms with Crippen LogP contribution in [0.5, 0.6) is 17.2 Å². The van der Waals surface area contributed by atoms with Gasteiger partial charge in [0.25, 0.3) is 0 Å². The van der Waals surface area contributed by atoms with Crippen LogP contribution in [0.25, 0.3) is 0 Å². The van der Waals surface area contributed by atoms with Crippen LogP contribution in [0.15, 0.2) is 47.5 Å². The number of nitrogens with zero attached hydrogens (tertiary/aromatic N) is 3. The van der Waals surface area contributed by atoms with Gasteiger partial charge in [0.05, 0.1) is 25.4 Å². The Labute approximate surface area is 177 Å². The molecule has 0 aromatic heterocycles. The number of piperazine rings is 1. The van der Waals surface area contributed by atoms with Crippen molar-refractivity contribution in [2.24, 2.45) is 4.99 Å². The van der Waals surface area contributed by atoms with E-state index < -0.39 is 0 Å². The molecule has 2 aliphatic rings. The number of benzene rings is 2. The lowest BCUT2D eigenvalue weighted by Gasteiger charge is -2.37. The van der Waals surface area contributed by atoms with Gasteiger partial charge in [0.15, 0.2) is 17.5 Å². The van der Waals surface area contributed by atoms with E-state index in [1.165, 1.54) is 0 Å². The second-order valence-electron chi connectivity index (χ2n) is 7.46. The molecular weight excluding hydrogens is 380 g/mol. The summed E-state index contributed by atoms with van der Waals surface area (Å²) in [6, 6.07) is 13.6. The number of fused-ring (bicyclic) bond motifs is 1. The number of guanidine groups is 1. The van der Waals surface area contributed by atoms with Crippen LogP contribution < -0.4 is 19.7 Å². The van der Waals surface area contributed by atoms with Crippen molar-refractivity contribution < 1.29 is 14.6 Å². The molecule has 2 aliphatic heterocycles. The second kappa shape index (κ2) is 9.61. The molecule has 0 bridgehead atoms. The smallest absolute Gasteiger partial charge is 0.194 e. The summed E-state index contributed by atoms with van der Waals surface area (Å²) in [6.45, 7) is 8.24. The number of rotatable bonds is 4. The van der Waals surface area contributed by atoms with E-state index in [1.54, 1.807) is 6.07 Å². The number of aliphatic imine (C=N–C) groups is 1. The SMILES string of the molecule is CCNC(=NCc1ccc2c(c1)OCCCO2)N1CCN(c2ccccc2O)CC1. The predicted octanol–water partition coefficient (Wildman–Crippen LogP) is 2.84. The maximum atomic E-state index is 10.1. The number of para-hydroxylation sites is 2. The highest BCUT2D eigenvalue weighted by atomic mass is 16.5. The molecule has 2 aromatic rings. The highest BCUT2D eigenvalue weighted by molar-refractivity contribution is 5.80. The molecule has 0 spiro atoms. The summed E-state index contributed by atoms with van der Waals surface area (Å²) >= 11 is 0. The van der Waals surface area contributed by atoms with Crippen molar-refractivity contribution in [3.8, 4) is 17.2 Å². The molecule has 7 nitrogen and oxygen atoms in total. The summed E-state index contributed by atoms with van der Waals surface area (Å²) < 4.78 is 11.5. The first-order valence-corrected chi connectivity index (χ1v) is 10.7. The molecule has 1 fully saturated rings. The third kappa shape index (κ3) is 4.72. The quantitative estimate of drug-likeness (QED) is 0.597. The molecule has 2 heterocycles. The lowest BCUT2D eigenvalue weighted by Crippen LogP contribution is -2.52. The Hall–Kier alpha value is -3.09. The van der Waals surface area contributed by atoms with Crippen molar-refractivity contribution in [2.45, 2.75) is 19.9 Å². The van der Waals surface area contributed by atoms with Gasteiger partial charge in [-0.3, -0.25) is 0 Å². The monoisotopic (exact) mass is 410 g/mol. The summed E-state index contributed by atoms with van der Waals surface area (Å²) in [5.74, 6) is 2.87. The molecule has 0 atom stereocenters. The van der Waals surface area contributed by atoms with Crippen molar-refractivity contribution in [3.05, 3.63) is 48.0 Å². The van der Waals surface area contributed by atoms with Gasteiger partial charge in [-0.2, -0.15) is 0 Å². The number of ether oxygens (including phenoxy) is 2. The molecule has 0 unspecified atom stereocenters. The van der Waals surface area contributed by atoms with Crippen LogP contribution in [0.4, 0.5) is 5.69 Å². The standard InChI is InChI=1S/C23H30N4O3/c1-2-24-23(25-17-18-8-9-21-22(16-18)30-15-5-14-29-21)27-12-10-26(11-13-27)19-6-3-4-7-20(19)28/h3-4,6-9,16,28H,2,5,10-15,17H2,1H3,(H,24,25). The van der Waals surface area contributed by atoms with Crippen LogP contribution in [-0.2, 0) is 6.54 Å². The summed E-state index contributed by atoms with van der Waals surface area (Å²) in [5, 5.41) is 13.5. The molecule has 160 valence electrons. The zero-order chi connectivity index (χ0) is 20.8. The molecule has 30 heavy (non-hydrogen) atoms. The Morgan fingerprint density at radius 2 is 1.80 bits per heavy atom. The normalized spacial score (nSPS) is 16.9. The number of hydrogen-bond donors (Lipinski definition) is 2. The van der Waals surface area contributed by atoms with E-state index in [0.29, 0.717) is 25.5 Å². The number of phenols is 1. The topological polar surface area (TPSA) is 69.6 Å². The third-order valence-corrected chi connectivity index (χ3v) is 5.36. The van der Waals surface area contributed by atoms with Gasteiger partial charge in [-0.05, 0) is 36.8 Å². The second-order valence-corrected chi connectivity index (χ2v) is 7.46. The van der Waals surface area contributed by atoms with Gasteiger partial charge in [0.1, 0.15) is 5.75 Å². The van der Waals surface area contributed by atoms with Gasteiger partial charge in [0.2, 0.25) is 0 Å². The van der Waals surface area contributed by atoms with Gasteiger partial charge >= 0.3 is 0 Å². The Bertz CT molecular complexity index is 879. The molecule has 4 rings (SSSR count). The van der Waals surface area contributed by atoms with Crippen molar-refractivity contribution in [1.29, 1.82) is 0 Å². The Morgan fingerprint density at radius 3 is 2.57 bits per heavy atom. The first kappa shape index (κ1) is 20.2. The average Bonchev–Trinajstić information content (AvgIpc) is 3.02. The summed E-state index contributed by atoms with van der Waals surface area (Å²) in [4.78, 5) is 9.36. The fourth-order valence-electron chi connectivity index (χ4n) is 3.79. The zero-order valence-corrected chi connectivity index (χ0v) is 17.5. The van der Waals surface area contributed by atoms with Crippen molar-refractivity contribution in [1.82, 2.24) is 10.2 Å². The summed E-state index contributed by atoms with van der Waals surface area (Å²) in [6.07, 6.45) is 0.902. The van der Waals surface area contributed by atoms with Crippen molar-refractivity contribution in [3.63, 3.8) is 0 Å². The lowest BCUT2D eigenvalue weighted by atomic mass is 10.2. The largest absolute Gasteiger partial charge is 0.506 e. The van der Waals surface area contributed by atoms with Crippen molar-refractivity contribution >= 4 is 11.6 Å². The first-order chi connectivity index (χ1) is 14.7. The van der Waals surface area contributed by atoms with Gasteiger partial charge in [0, 0.05) is 39.1 Å². The number of hydrogen-bond acceptors (Lipinski definition) is 5. The Morgan fingerprint density at radius 1 is 1.03 bits per heavy atom. The first-order valence-electron chi connectivity index (χ1n) is 10.7. The summed E-state index contributed by atoms with van der Waals surface area (Å²) in [7, 11) is 0. The van der Waals surface area contributed by atoms with Crippen LogP contribution >= 0.6 is 0 Å². The van der Waals surface area contributed by atoms with E-state index in [4.69, 9.17) is 14.5 Å². The van der Waals surface area contributed by atoms with Crippen LogP contribution in [0, 0.1) is 0 Å². The Balaban J connectivity index is 1.41. The molecule has 0 saturated carbocycles. The van der Waals surface area contributed by atoms with Crippen LogP contribution in [0.1, 0.15) is 18.9 Å². The molecule has 0 amide bonds. The maximum Gasteiger partial charge on any atom is 0.194 e. The summed E-state index contributed by atoms with van der Waals surface area (Å²) in [5.41, 5.74) is 1.99. The highest BCUT2D eigenvalue weighted by Crippen LogP contribution is 2.31. The van der Waals surface area contributed by atoms with E-state index in [1.807, 2.05) is 30.3 Å². The molecular formula is C23H30N4O3. The number of aromatic hydroxyl groups is 1. The minimum absolute atomic E-state index is 0.334. The Kier molecular flexibility index (Phi) is 6.47. The fourth-order valence-corrected chi connectivity index (χ4v) is 3.79. The van der Waals surface area contributed by atoms with Gasteiger partial charge in [-0.15, -0.1) is 0 Å². The van der Waals surface area contributed by atoms with E-state index in [-0.39, 0.29) is 0 Å². The van der Waals surface area contributed by atoms with Crippen LogP contribution in [-0.4, -0.2) is 61.9 Å². The van der Waals surface area contributed by atoms with Crippen molar-refractivity contribution in [2.75, 3.05) is 50.8 Å². The average molecular weight is 411 g/mol. The fraction of sp³-hybridized carbons (Fsp3) is 0.435. The number of nitrogens with one attached hydrogen (secondary N) is 1. The van der Waals surface area contributed by atoms with E-state index in [9.17, 15) is 5.11 Å². The minimum atomic E-state index is 0.334. The maximum absolute atomic E-state index is 10.1. The molecule has 2 N–H and O–H groups in total. The predicted molar refractivity (Wildman–Crippen MR) is 119 cm³/mol. The number of anilines is 1. The van der Waals surface area contributed by atoms with Gasteiger partial charge in [-0.25, -0.2) is 4.99 Å². The van der Waals surface area contributed by atoms with Crippen LogP contribution in [0.2, 0.25) is 0 Å². The van der Waals surface area contributed by atoms with Gasteiger partial charge < -0.3 is 29.7 Å². The molecule has 7 heteroatoms. The van der Waals surface area contributed by atoms with E-state index in [0.717, 1.165) is 67.9 Å². The van der Waals surface area contributed by atoms with E-state index >= 15 is 0 Å². The molecule has 1 saturated heterocycles. The van der Waals surface area contributed by atoms with E-state index in [2.05, 4.69) is 28.1 Å². The highest BCUT2D eigenvalue weighted by Gasteiger charge is 2.21. The minimum Gasteiger partial charge on any atom is -0.506 e. The molecule has 2 aromatic carbocycles. The zero-order valence-electron chi connectivity index (χ0n) is 17.5. The van der Waals surface area contributed by atoms with Crippen LogP contribution in [0.3, 0.4) is 0 Å².